The number of aliphatic hydroxyl groups is 1. The van der Waals surface area contributed by atoms with Crippen molar-refractivity contribution in [3.63, 3.8) is 0 Å². The average molecular weight is 425 g/mol. The van der Waals surface area contributed by atoms with Gasteiger partial charge in [-0.15, -0.1) is 0 Å². The predicted octanol–water partition coefficient (Wildman–Crippen LogP) is 3.46. The van der Waals surface area contributed by atoms with E-state index >= 15 is 0 Å². The van der Waals surface area contributed by atoms with Crippen molar-refractivity contribution >= 4 is 11.8 Å². The van der Waals surface area contributed by atoms with Crippen molar-refractivity contribution in [2.45, 2.75) is 43.9 Å². The fourth-order valence-electron chi connectivity index (χ4n) is 4.61. The predicted molar refractivity (Wildman–Crippen MR) is 97.7 cm³/mol. The molecule has 3 aliphatic rings. The lowest BCUT2D eigenvalue weighted by molar-refractivity contribution is -0.137. The number of piperidine rings is 1. The van der Waals surface area contributed by atoms with Gasteiger partial charge in [0.2, 0.25) is 0 Å². The van der Waals surface area contributed by atoms with E-state index in [4.69, 9.17) is 0 Å². The van der Waals surface area contributed by atoms with Crippen molar-refractivity contribution < 1.29 is 27.5 Å². The number of nitrogens with one attached hydrogen (secondary N) is 1. The van der Waals surface area contributed by atoms with Gasteiger partial charge < -0.3 is 10.0 Å². The number of rotatable bonds is 3. The Balaban J connectivity index is 1.63. The second kappa shape index (κ2) is 7.15. The Hall–Kier alpha value is -2.82. The molecule has 0 radical (unpaired) electrons. The zero-order valence-electron chi connectivity index (χ0n) is 15.9. The second-order valence-corrected chi connectivity index (χ2v) is 7.92. The largest absolute Gasteiger partial charge is 0.418 e. The number of hydrogen-bond acceptors (Lipinski definition) is 5. The van der Waals surface area contributed by atoms with Crippen LogP contribution in [0.25, 0.3) is 11.4 Å². The minimum Gasteiger partial charge on any atom is -0.394 e. The van der Waals surface area contributed by atoms with Crippen molar-refractivity contribution in [1.29, 1.82) is 0 Å². The Labute approximate surface area is 169 Å². The first-order chi connectivity index (χ1) is 14.1. The molecule has 2 amide bonds. The Kier molecular flexibility index (Phi) is 4.88. The van der Waals surface area contributed by atoms with Crippen LogP contribution in [0.5, 0.6) is 0 Å². The first-order valence-corrected chi connectivity index (χ1v) is 9.39. The maximum Gasteiger partial charge on any atom is 0.418 e. The van der Waals surface area contributed by atoms with E-state index in [-0.39, 0.29) is 24.3 Å². The van der Waals surface area contributed by atoms with Crippen molar-refractivity contribution in [3.05, 3.63) is 36.0 Å². The van der Waals surface area contributed by atoms with Gasteiger partial charge in [0.25, 0.3) is 0 Å². The van der Waals surface area contributed by atoms with Gasteiger partial charge in [-0.05, 0) is 31.2 Å². The van der Waals surface area contributed by atoms with Crippen molar-refractivity contribution in [2.75, 3.05) is 11.9 Å². The normalized spacial score (nSPS) is 25.6. The van der Waals surface area contributed by atoms with Crippen LogP contribution in [0.2, 0.25) is 0 Å². The zero-order valence-corrected chi connectivity index (χ0v) is 15.9. The first-order valence-electron chi connectivity index (χ1n) is 9.39. The minimum atomic E-state index is -4.74. The zero-order chi connectivity index (χ0) is 21.7. The fourth-order valence-corrected chi connectivity index (χ4v) is 4.61. The van der Waals surface area contributed by atoms with Crippen LogP contribution in [0, 0.1) is 11.7 Å². The molecule has 30 heavy (non-hydrogen) atoms. The summed E-state index contributed by atoms with van der Waals surface area (Å²) < 4.78 is 53.3. The van der Waals surface area contributed by atoms with E-state index in [1.807, 2.05) is 0 Å². The number of aromatic nitrogens is 3. The number of carbonyl (C=O) groups is 1. The summed E-state index contributed by atoms with van der Waals surface area (Å²) in [7, 11) is 0. The number of halogens is 4. The molecule has 4 heterocycles. The van der Waals surface area contributed by atoms with E-state index in [1.165, 1.54) is 0 Å². The Morgan fingerprint density at radius 1 is 1.27 bits per heavy atom. The summed E-state index contributed by atoms with van der Waals surface area (Å²) in [5.41, 5.74) is -2.18. The number of urea groups is 1. The average Bonchev–Trinajstić information content (AvgIpc) is 2.66. The molecule has 0 spiro atoms. The number of pyridine rings is 1. The van der Waals surface area contributed by atoms with Gasteiger partial charge in [-0.1, -0.05) is 6.92 Å². The van der Waals surface area contributed by atoms with Gasteiger partial charge in [0.15, 0.2) is 11.6 Å². The minimum absolute atomic E-state index is 0.0322. The van der Waals surface area contributed by atoms with Crippen LogP contribution in [0.3, 0.4) is 0 Å². The maximum atomic E-state index is 13.4. The number of nitrogens with zero attached hydrogens (tertiary/aromatic N) is 4. The number of carbonyl (C=O) groups excluding carboxylic acids is 1. The molecule has 5 rings (SSSR count). The van der Waals surface area contributed by atoms with E-state index in [1.54, 1.807) is 4.90 Å². The summed E-state index contributed by atoms with van der Waals surface area (Å²) in [6, 6.07) is 0.443. The van der Waals surface area contributed by atoms with Crippen LogP contribution >= 0.6 is 0 Å². The van der Waals surface area contributed by atoms with Gasteiger partial charge in [0.1, 0.15) is 5.82 Å². The highest BCUT2D eigenvalue weighted by Crippen LogP contribution is 2.49. The molecule has 2 N–H and O–H groups in total. The molecule has 2 bridgehead atoms. The monoisotopic (exact) mass is 425 g/mol. The van der Waals surface area contributed by atoms with E-state index in [9.17, 15) is 27.5 Å². The first kappa shape index (κ1) is 20.5. The summed E-state index contributed by atoms with van der Waals surface area (Å²) in [6.45, 7) is 1.87. The highest BCUT2D eigenvalue weighted by molar-refractivity contribution is 5.90. The van der Waals surface area contributed by atoms with Gasteiger partial charge in [0, 0.05) is 17.8 Å². The van der Waals surface area contributed by atoms with Crippen molar-refractivity contribution in [3.8, 4) is 11.4 Å². The molecule has 3 fully saturated rings. The number of amides is 2. The van der Waals surface area contributed by atoms with Gasteiger partial charge in [-0.2, -0.15) is 13.2 Å². The molecular weight excluding hydrogens is 406 g/mol. The van der Waals surface area contributed by atoms with Crippen LogP contribution in [0.15, 0.2) is 24.7 Å². The molecular formula is C19H19F4N5O2. The molecule has 1 saturated carbocycles. The molecule has 160 valence electrons. The number of fused-ring (bicyclic) bond motifs is 2. The number of alkyl halides is 3. The van der Waals surface area contributed by atoms with E-state index in [2.05, 4.69) is 27.2 Å². The van der Waals surface area contributed by atoms with Crippen LogP contribution in [0.1, 0.15) is 31.7 Å². The van der Waals surface area contributed by atoms with Gasteiger partial charge in [-0.25, -0.2) is 24.1 Å². The Morgan fingerprint density at radius 2 is 1.97 bits per heavy atom. The third-order valence-electron chi connectivity index (χ3n) is 5.71. The maximum absolute atomic E-state index is 13.4. The summed E-state index contributed by atoms with van der Waals surface area (Å²) in [5.74, 6) is -0.890. The molecule has 2 aromatic rings. The van der Waals surface area contributed by atoms with Crippen LogP contribution in [0.4, 0.5) is 28.2 Å². The second-order valence-electron chi connectivity index (χ2n) is 7.92. The highest BCUT2D eigenvalue weighted by atomic mass is 19.4. The number of hydrogen-bond donors (Lipinski definition) is 2. The van der Waals surface area contributed by atoms with Crippen LogP contribution in [-0.2, 0) is 6.18 Å². The van der Waals surface area contributed by atoms with Crippen LogP contribution < -0.4 is 5.32 Å². The van der Waals surface area contributed by atoms with E-state index in [0.717, 1.165) is 24.9 Å². The standard InChI is InChI=1S/C19H19F4N5O2/c1-10-2-12-5-18(4-10,9-29)28(12)17(30)27-15-3-13(14(8-24-15)19(21,22)23)16-25-6-11(20)7-26-16/h3,6-8,10,12,29H,2,4-5,9H2,1H3,(H,24,27,30). The van der Waals surface area contributed by atoms with Crippen molar-refractivity contribution in [1.82, 2.24) is 19.9 Å². The molecule has 1 aliphatic carbocycles. The topological polar surface area (TPSA) is 91.2 Å². The number of aliphatic hydroxyl groups excluding tert-OH is 1. The highest BCUT2D eigenvalue weighted by Gasteiger charge is 2.57. The third-order valence-corrected chi connectivity index (χ3v) is 5.71. The summed E-state index contributed by atoms with van der Waals surface area (Å²) in [6.07, 6.45) is -0.501. The SMILES string of the molecule is CC1CC2CC(CO)(C1)N2C(=O)Nc1cc(-c2ncc(F)cn2)c(C(F)(F)F)cn1. The molecule has 2 saturated heterocycles. The molecule has 3 unspecified atom stereocenters. The summed E-state index contributed by atoms with van der Waals surface area (Å²) in [5, 5.41) is 12.3. The molecule has 11 heteroatoms. The smallest absolute Gasteiger partial charge is 0.394 e. The summed E-state index contributed by atoms with van der Waals surface area (Å²) >= 11 is 0. The summed E-state index contributed by atoms with van der Waals surface area (Å²) in [4.78, 5) is 25.3. The molecule has 2 aromatic heterocycles. The van der Waals surface area contributed by atoms with Crippen LogP contribution in [-0.4, -0.2) is 49.2 Å². The molecule has 3 atom stereocenters. The fraction of sp³-hybridized carbons (Fsp3) is 0.474. The number of anilines is 1. The van der Waals surface area contributed by atoms with Crippen molar-refractivity contribution in [2.24, 2.45) is 5.92 Å². The van der Waals surface area contributed by atoms with E-state index in [0.29, 0.717) is 25.0 Å². The quantitative estimate of drug-likeness (QED) is 0.735. The van der Waals surface area contributed by atoms with Gasteiger partial charge in [-0.3, -0.25) is 5.32 Å². The third kappa shape index (κ3) is 3.47. The molecule has 2 aliphatic heterocycles. The van der Waals surface area contributed by atoms with Gasteiger partial charge >= 0.3 is 12.2 Å². The van der Waals surface area contributed by atoms with E-state index < -0.39 is 34.7 Å². The van der Waals surface area contributed by atoms with Gasteiger partial charge in [0.05, 0.1) is 30.1 Å². The lowest BCUT2D eigenvalue weighted by atomic mass is 9.65. The molecule has 0 aromatic carbocycles. The lowest BCUT2D eigenvalue weighted by Crippen LogP contribution is -2.73. The Morgan fingerprint density at radius 3 is 2.60 bits per heavy atom. The Bertz CT molecular complexity index is 968. The lowest BCUT2D eigenvalue weighted by Gasteiger charge is -2.62. The molecule has 7 nitrogen and oxygen atoms in total.